The Bertz CT molecular complexity index is 322. The first-order chi connectivity index (χ1) is 7.15. The molecular formula is C11H19Cl2N3O. The molecule has 0 radical (unpaired) electrons. The molecule has 0 bridgehead atoms. The van der Waals surface area contributed by atoms with Crippen molar-refractivity contribution in [2.75, 3.05) is 6.54 Å². The van der Waals surface area contributed by atoms with E-state index in [4.69, 9.17) is 5.73 Å². The van der Waals surface area contributed by atoms with Gasteiger partial charge in [-0.15, -0.1) is 24.8 Å². The zero-order valence-electron chi connectivity index (χ0n) is 9.92. The Morgan fingerprint density at radius 3 is 2.59 bits per heavy atom. The van der Waals surface area contributed by atoms with E-state index in [9.17, 15) is 4.79 Å². The van der Waals surface area contributed by atoms with Crippen LogP contribution < -0.4 is 11.1 Å². The molecular weight excluding hydrogens is 261 g/mol. The molecule has 0 aliphatic rings. The predicted octanol–water partition coefficient (Wildman–Crippen LogP) is 1.70. The van der Waals surface area contributed by atoms with Crippen molar-refractivity contribution in [1.82, 2.24) is 10.3 Å². The summed E-state index contributed by atoms with van der Waals surface area (Å²) in [6.45, 7) is 4.11. The van der Waals surface area contributed by atoms with E-state index in [2.05, 4.69) is 10.3 Å². The first kappa shape index (κ1) is 18.5. The van der Waals surface area contributed by atoms with E-state index < -0.39 is 0 Å². The minimum absolute atomic E-state index is 0. The molecule has 0 aromatic carbocycles. The average molecular weight is 280 g/mol. The second-order valence-corrected chi connectivity index (χ2v) is 3.65. The summed E-state index contributed by atoms with van der Waals surface area (Å²) in [6, 6.07) is 3.76. The third kappa shape index (κ3) is 5.86. The maximum atomic E-state index is 11.5. The van der Waals surface area contributed by atoms with Crippen molar-refractivity contribution in [3.05, 3.63) is 30.1 Å². The Hall–Kier alpha value is -0.840. The first-order valence-corrected chi connectivity index (χ1v) is 5.05. The number of hydrogen-bond donors (Lipinski definition) is 2. The zero-order chi connectivity index (χ0) is 11.3. The van der Waals surface area contributed by atoms with E-state index in [0.29, 0.717) is 6.54 Å². The molecule has 0 saturated heterocycles. The van der Waals surface area contributed by atoms with Crippen LogP contribution in [-0.4, -0.2) is 17.4 Å². The molecule has 0 fully saturated rings. The highest BCUT2D eigenvalue weighted by Gasteiger charge is 2.14. The number of carbonyl (C=O) groups is 1. The van der Waals surface area contributed by atoms with Gasteiger partial charge in [0.15, 0.2) is 0 Å². The van der Waals surface area contributed by atoms with E-state index in [0.717, 1.165) is 5.56 Å². The molecule has 1 rings (SSSR count). The Morgan fingerprint density at radius 1 is 1.47 bits per heavy atom. The topological polar surface area (TPSA) is 68.0 Å². The van der Waals surface area contributed by atoms with Crippen molar-refractivity contribution >= 4 is 30.7 Å². The van der Waals surface area contributed by atoms with Gasteiger partial charge in [-0.3, -0.25) is 9.78 Å². The highest BCUT2D eigenvalue weighted by atomic mass is 35.5. The molecule has 0 saturated carbocycles. The van der Waals surface area contributed by atoms with Gasteiger partial charge in [0.2, 0.25) is 5.91 Å². The number of nitrogens with two attached hydrogens (primary N) is 1. The van der Waals surface area contributed by atoms with Crippen molar-refractivity contribution < 1.29 is 4.79 Å². The molecule has 1 aromatic rings. The predicted molar refractivity (Wildman–Crippen MR) is 73.5 cm³/mol. The summed E-state index contributed by atoms with van der Waals surface area (Å²) in [7, 11) is 0. The quantitative estimate of drug-likeness (QED) is 0.882. The normalized spacial score (nSPS) is 12.6. The Morgan fingerprint density at radius 2 is 2.12 bits per heavy atom. The molecule has 0 spiro atoms. The van der Waals surface area contributed by atoms with Crippen LogP contribution in [0.5, 0.6) is 0 Å². The number of amides is 1. The van der Waals surface area contributed by atoms with Crippen LogP contribution >= 0.6 is 24.8 Å². The van der Waals surface area contributed by atoms with Crippen molar-refractivity contribution in [2.45, 2.75) is 19.9 Å². The molecule has 3 N–H and O–H groups in total. The van der Waals surface area contributed by atoms with Crippen LogP contribution in [0.3, 0.4) is 0 Å². The maximum Gasteiger partial charge on any atom is 0.224 e. The maximum absolute atomic E-state index is 11.5. The fourth-order valence-corrected chi connectivity index (χ4v) is 1.18. The largest absolute Gasteiger partial charge is 0.349 e. The van der Waals surface area contributed by atoms with Crippen molar-refractivity contribution in [1.29, 1.82) is 0 Å². The molecule has 17 heavy (non-hydrogen) atoms. The Balaban J connectivity index is 0. The third-order valence-corrected chi connectivity index (χ3v) is 2.34. The molecule has 98 valence electrons. The van der Waals surface area contributed by atoms with Gasteiger partial charge in [-0.2, -0.15) is 0 Å². The summed E-state index contributed by atoms with van der Waals surface area (Å²) in [5.74, 6) is -0.169. The number of nitrogens with zero attached hydrogens (tertiary/aromatic N) is 1. The highest BCUT2D eigenvalue weighted by molar-refractivity contribution is 5.85. The van der Waals surface area contributed by atoms with Crippen LogP contribution in [0.15, 0.2) is 24.5 Å². The number of nitrogens with one attached hydrogen (secondary N) is 1. The minimum atomic E-state index is -0.149. The van der Waals surface area contributed by atoms with Gasteiger partial charge in [-0.05, 0) is 18.6 Å². The van der Waals surface area contributed by atoms with Gasteiger partial charge in [-0.1, -0.05) is 13.0 Å². The van der Waals surface area contributed by atoms with Gasteiger partial charge in [0.1, 0.15) is 0 Å². The van der Waals surface area contributed by atoms with Crippen LogP contribution in [-0.2, 0) is 4.79 Å². The smallest absolute Gasteiger partial charge is 0.224 e. The number of hydrogen-bond acceptors (Lipinski definition) is 3. The van der Waals surface area contributed by atoms with Crippen molar-refractivity contribution in [3.63, 3.8) is 0 Å². The van der Waals surface area contributed by atoms with Gasteiger partial charge >= 0.3 is 0 Å². The van der Waals surface area contributed by atoms with Crippen molar-refractivity contribution in [3.8, 4) is 0 Å². The summed E-state index contributed by atoms with van der Waals surface area (Å²) < 4.78 is 0. The van der Waals surface area contributed by atoms with E-state index >= 15 is 0 Å². The molecule has 0 aliphatic carbocycles. The SMILES string of the molecule is CC(CN)C(=O)N[C@@H](C)c1cccnc1.Cl.Cl. The average Bonchev–Trinajstić information content (AvgIpc) is 2.29. The minimum Gasteiger partial charge on any atom is -0.349 e. The zero-order valence-corrected chi connectivity index (χ0v) is 11.6. The Kier molecular flexibility index (Phi) is 10.0. The lowest BCUT2D eigenvalue weighted by atomic mass is 10.1. The summed E-state index contributed by atoms with van der Waals surface area (Å²) >= 11 is 0. The summed E-state index contributed by atoms with van der Waals surface area (Å²) in [5, 5.41) is 2.89. The van der Waals surface area contributed by atoms with Crippen LogP contribution in [0.4, 0.5) is 0 Å². The fraction of sp³-hybridized carbons (Fsp3) is 0.455. The summed E-state index contributed by atoms with van der Waals surface area (Å²) in [4.78, 5) is 15.5. The Labute approximate surface area is 114 Å². The van der Waals surface area contributed by atoms with Gasteiger partial charge in [0.25, 0.3) is 0 Å². The number of halogens is 2. The van der Waals surface area contributed by atoms with Gasteiger partial charge in [-0.25, -0.2) is 0 Å². The molecule has 0 aliphatic heterocycles. The molecule has 1 unspecified atom stereocenters. The second kappa shape index (κ2) is 9.22. The second-order valence-electron chi connectivity index (χ2n) is 3.65. The third-order valence-electron chi connectivity index (χ3n) is 2.34. The van der Waals surface area contributed by atoms with E-state index in [1.165, 1.54) is 0 Å². The lowest BCUT2D eigenvalue weighted by molar-refractivity contribution is -0.124. The van der Waals surface area contributed by atoms with E-state index in [1.54, 1.807) is 12.4 Å². The van der Waals surface area contributed by atoms with E-state index in [1.807, 2.05) is 26.0 Å². The molecule has 4 nitrogen and oxygen atoms in total. The fourth-order valence-electron chi connectivity index (χ4n) is 1.18. The van der Waals surface area contributed by atoms with E-state index in [-0.39, 0.29) is 42.7 Å². The number of pyridine rings is 1. The van der Waals surface area contributed by atoms with Gasteiger partial charge in [0.05, 0.1) is 6.04 Å². The lowest BCUT2D eigenvalue weighted by Gasteiger charge is -2.16. The van der Waals surface area contributed by atoms with Crippen molar-refractivity contribution in [2.24, 2.45) is 11.7 Å². The van der Waals surface area contributed by atoms with Crippen LogP contribution in [0.1, 0.15) is 25.5 Å². The van der Waals surface area contributed by atoms with Crippen LogP contribution in [0.2, 0.25) is 0 Å². The molecule has 1 heterocycles. The van der Waals surface area contributed by atoms with Gasteiger partial charge in [0, 0.05) is 24.9 Å². The van der Waals surface area contributed by atoms with Gasteiger partial charge < -0.3 is 11.1 Å². The monoisotopic (exact) mass is 279 g/mol. The molecule has 1 aromatic heterocycles. The number of aromatic nitrogens is 1. The lowest BCUT2D eigenvalue weighted by Crippen LogP contribution is -2.34. The van der Waals surface area contributed by atoms with Crippen LogP contribution in [0.25, 0.3) is 0 Å². The van der Waals surface area contributed by atoms with Crippen LogP contribution in [0, 0.1) is 5.92 Å². The summed E-state index contributed by atoms with van der Waals surface area (Å²) in [5.41, 5.74) is 6.41. The first-order valence-electron chi connectivity index (χ1n) is 5.05. The summed E-state index contributed by atoms with van der Waals surface area (Å²) in [6.07, 6.45) is 3.46. The molecule has 1 amide bonds. The highest BCUT2D eigenvalue weighted by Crippen LogP contribution is 2.10. The standard InChI is InChI=1S/C11H17N3O.2ClH/c1-8(6-12)11(15)14-9(2)10-4-3-5-13-7-10;;/h3-5,7-9H,6,12H2,1-2H3,(H,14,15);2*1H/t8?,9-;;/m0../s1. The number of rotatable bonds is 4. The molecule has 2 atom stereocenters. The number of carbonyl (C=O) groups excluding carboxylic acids is 1. The molecule has 6 heteroatoms.